The maximum atomic E-state index is 15.0. The molecule has 0 radical (unpaired) electrons. The van der Waals surface area contributed by atoms with Crippen molar-refractivity contribution in [3.63, 3.8) is 0 Å². The smallest absolute Gasteiger partial charge is 0.420 e. The number of oxazole rings is 1. The fourth-order valence-electron chi connectivity index (χ4n) is 4.28. The van der Waals surface area contributed by atoms with Crippen molar-refractivity contribution in [1.29, 1.82) is 0 Å². The van der Waals surface area contributed by atoms with Gasteiger partial charge < -0.3 is 14.1 Å². The molecule has 0 saturated heterocycles. The number of anilines is 1. The van der Waals surface area contributed by atoms with E-state index in [1.54, 1.807) is 6.92 Å². The highest BCUT2D eigenvalue weighted by atomic mass is 32.2. The summed E-state index contributed by atoms with van der Waals surface area (Å²) in [5, 5.41) is 10.9. The van der Waals surface area contributed by atoms with E-state index in [-0.39, 0.29) is 21.1 Å². The summed E-state index contributed by atoms with van der Waals surface area (Å²) in [6, 6.07) is 9.18. The Balaban J connectivity index is 1.51. The van der Waals surface area contributed by atoms with Crippen molar-refractivity contribution < 1.29 is 18.5 Å². The van der Waals surface area contributed by atoms with E-state index in [0.717, 1.165) is 36.0 Å². The monoisotopic (exact) mass is 512 g/mol. The van der Waals surface area contributed by atoms with Crippen LogP contribution in [0.5, 0.6) is 0 Å². The summed E-state index contributed by atoms with van der Waals surface area (Å²) >= 11 is -0.982. The molecule has 35 heavy (non-hydrogen) atoms. The number of nitrogens with one attached hydrogen (secondary N) is 1. The number of aliphatic hydroxyl groups is 1. The third kappa shape index (κ3) is 4.70. The van der Waals surface area contributed by atoms with E-state index in [4.69, 9.17) is 4.42 Å². The van der Waals surface area contributed by atoms with Gasteiger partial charge in [0.2, 0.25) is 10.0 Å². The Morgan fingerprint density at radius 1 is 1.34 bits per heavy atom. The molecule has 8 nitrogen and oxygen atoms in total. The largest absolute Gasteiger partial charge is 0.588 e. The molecule has 2 atom stereocenters. The van der Waals surface area contributed by atoms with Gasteiger partial charge in [-0.1, -0.05) is 30.0 Å². The fourth-order valence-corrected chi connectivity index (χ4v) is 5.72. The first-order chi connectivity index (χ1) is 16.8. The molecule has 0 bridgehead atoms. The lowest BCUT2D eigenvalue weighted by Gasteiger charge is -2.16. The Morgan fingerprint density at radius 2 is 2.11 bits per heavy atom. The average molecular weight is 513 g/mol. The fraction of sp³-hybridized carbons (Fsp3) is 0.292. The zero-order valence-electron chi connectivity index (χ0n) is 18.7. The molecule has 0 amide bonds. The molecule has 180 valence electrons. The highest BCUT2D eigenvalue weighted by molar-refractivity contribution is 7.93. The van der Waals surface area contributed by atoms with Crippen LogP contribution in [0.3, 0.4) is 0 Å². The van der Waals surface area contributed by atoms with E-state index < -0.39 is 34.6 Å². The molecule has 2 N–H and O–H groups in total. The first-order valence-electron chi connectivity index (χ1n) is 11.0. The van der Waals surface area contributed by atoms with Gasteiger partial charge in [0.1, 0.15) is 23.3 Å². The van der Waals surface area contributed by atoms with Gasteiger partial charge in [-0.15, -0.1) is 0 Å². The van der Waals surface area contributed by atoms with Crippen LogP contribution in [0.25, 0.3) is 11.1 Å². The third-order valence-electron chi connectivity index (χ3n) is 6.07. The van der Waals surface area contributed by atoms with Crippen LogP contribution < -0.4 is 10.5 Å². The Bertz CT molecular complexity index is 1480. The third-order valence-corrected chi connectivity index (χ3v) is 7.87. The maximum absolute atomic E-state index is 15.0. The van der Waals surface area contributed by atoms with Gasteiger partial charge in [0.15, 0.2) is 11.4 Å². The Hall–Kier alpha value is -3.17. The van der Waals surface area contributed by atoms with E-state index in [1.165, 1.54) is 17.0 Å². The molecule has 1 saturated carbocycles. The van der Waals surface area contributed by atoms with Crippen molar-refractivity contribution in [1.82, 2.24) is 13.9 Å². The van der Waals surface area contributed by atoms with Crippen molar-refractivity contribution in [3.05, 3.63) is 70.2 Å². The number of rotatable bonds is 5. The molecule has 4 aromatic rings. The number of aromatic nitrogens is 3. The van der Waals surface area contributed by atoms with Gasteiger partial charge in [0.05, 0.1) is 11.6 Å². The number of benzene rings is 2. The SMILES string of the molecule is C[C@H](c1ccccc1C#CC1(O)CCCC1)n1c(=O)oc2cc([S+]([O-])Nc3ncns3)c(F)cc21. The standard InChI is InChI=1S/C24H21FN4O4S2/c1-15(17-7-3-2-6-16(17)8-11-24(31)9-4-5-10-24)29-19-12-18(25)21(13-20(19)33-23(29)30)35(32)28-22-26-14-27-34-22/h2-3,6-7,12-15,31H,4-5,9-10H2,1H3,(H,26,27,28)/t15-,35?/m1/s1. The van der Waals surface area contributed by atoms with Crippen LogP contribution in [0.15, 0.2) is 56.8 Å². The predicted octanol–water partition coefficient (Wildman–Crippen LogP) is 3.99. The summed E-state index contributed by atoms with van der Waals surface area (Å²) < 4.78 is 40.7. The lowest BCUT2D eigenvalue weighted by Crippen LogP contribution is -2.21. The van der Waals surface area contributed by atoms with Gasteiger partial charge in [0.25, 0.3) is 0 Å². The topological polar surface area (TPSA) is 116 Å². The molecular weight excluding hydrogens is 491 g/mol. The van der Waals surface area contributed by atoms with E-state index in [0.29, 0.717) is 18.4 Å². The molecule has 2 heterocycles. The predicted molar refractivity (Wildman–Crippen MR) is 131 cm³/mol. The van der Waals surface area contributed by atoms with Gasteiger partial charge in [-0.25, -0.2) is 14.2 Å². The molecule has 2 aromatic heterocycles. The molecule has 0 spiro atoms. The number of fused-ring (bicyclic) bond motifs is 1. The highest BCUT2D eigenvalue weighted by Crippen LogP contribution is 2.31. The number of halogens is 1. The summed E-state index contributed by atoms with van der Waals surface area (Å²) in [5.41, 5.74) is 0.745. The van der Waals surface area contributed by atoms with Crippen LogP contribution in [-0.4, -0.2) is 29.2 Å². The second kappa shape index (κ2) is 9.47. The second-order valence-electron chi connectivity index (χ2n) is 8.36. The molecule has 2 aromatic carbocycles. The quantitative estimate of drug-likeness (QED) is 0.307. The molecular formula is C24H21FN4O4S2. The summed E-state index contributed by atoms with van der Waals surface area (Å²) in [5.74, 6) is 4.65. The number of nitrogens with zero attached hydrogens (tertiary/aromatic N) is 3. The van der Waals surface area contributed by atoms with Crippen LogP contribution in [0, 0.1) is 17.7 Å². The van der Waals surface area contributed by atoms with Crippen LogP contribution in [-0.2, 0) is 11.4 Å². The van der Waals surface area contributed by atoms with Crippen LogP contribution in [0.1, 0.15) is 49.8 Å². The van der Waals surface area contributed by atoms with Gasteiger partial charge in [-0.2, -0.15) is 9.10 Å². The summed E-state index contributed by atoms with van der Waals surface area (Å²) in [4.78, 5) is 16.5. The number of hydrogen-bond donors (Lipinski definition) is 2. The first kappa shape index (κ1) is 23.6. The highest BCUT2D eigenvalue weighted by Gasteiger charge is 2.29. The second-order valence-corrected chi connectivity index (χ2v) is 10.3. The van der Waals surface area contributed by atoms with Gasteiger partial charge >= 0.3 is 5.76 Å². The molecule has 1 aliphatic rings. The normalized spacial score (nSPS) is 16.6. The first-order valence-corrected chi connectivity index (χ1v) is 12.9. The molecule has 5 rings (SSSR count). The van der Waals surface area contributed by atoms with Crippen LogP contribution >= 0.6 is 11.5 Å². The minimum absolute atomic E-state index is 0.106. The molecule has 1 aliphatic carbocycles. The summed E-state index contributed by atoms with van der Waals surface area (Å²) in [6.45, 7) is 1.79. The molecule has 11 heteroatoms. The van der Waals surface area contributed by atoms with Gasteiger partial charge in [-0.3, -0.25) is 4.57 Å². The van der Waals surface area contributed by atoms with Crippen molar-refractivity contribution in [2.45, 2.75) is 49.1 Å². The van der Waals surface area contributed by atoms with Crippen molar-refractivity contribution in [3.8, 4) is 11.8 Å². The minimum atomic E-state index is -1.97. The summed E-state index contributed by atoms with van der Waals surface area (Å²) in [7, 11) is 0. The lowest BCUT2D eigenvalue weighted by molar-refractivity contribution is 0.110. The number of hydrogen-bond acceptors (Lipinski definition) is 8. The average Bonchev–Trinajstić information content (AvgIpc) is 3.57. The van der Waals surface area contributed by atoms with Crippen molar-refractivity contribution >= 4 is 39.1 Å². The van der Waals surface area contributed by atoms with Gasteiger partial charge in [0, 0.05) is 29.2 Å². The Kier molecular flexibility index (Phi) is 6.37. The van der Waals surface area contributed by atoms with Crippen LogP contribution in [0.4, 0.5) is 9.52 Å². The maximum Gasteiger partial charge on any atom is 0.420 e. The van der Waals surface area contributed by atoms with Crippen molar-refractivity contribution in [2.24, 2.45) is 0 Å². The summed E-state index contributed by atoms with van der Waals surface area (Å²) in [6.07, 6.45) is 4.45. The Labute approximate surface area is 207 Å². The zero-order chi connectivity index (χ0) is 24.6. The van der Waals surface area contributed by atoms with Gasteiger partial charge in [-0.05, 0) is 44.2 Å². The zero-order valence-corrected chi connectivity index (χ0v) is 20.3. The minimum Gasteiger partial charge on any atom is -0.588 e. The van der Waals surface area contributed by atoms with Crippen molar-refractivity contribution in [2.75, 3.05) is 4.72 Å². The Morgan fingerprint density at radius 3 is 2.86 bits per heavy atom. The van der Waals surface area contributed by atoms with E-state index in [2.05, 4.69) is 25.9 Å². The van der Waals surface area contributed by atoms with E-state index >= 15 is 0 Å². The molecule has 1 unspecified atom stereocenters. The molecule has 1 fully saturated rings. The lowest BCUT2D eigenvalue weighted by atomic mass is 9.98. The van der Waals surface area contributed by atoms with Crippen LogP contribution in [0.2, 0.25) is 0 Å². The van der Waals surface area contributed by atoms with E-state index in [9.17, 15) is 18.8 Å². The molecule has 0 aliphatic heterocycles. The van der Waals surface area contributed by atoms with E-state index in [1.807, 2.05) is 24.3 Å².